The van der Waals surface area contributed by atoms with E-state index in [0.717, 1.165) is 12.1 Å². The molecule has 0 atom stereocenters. The molecule has 104 valence electrons. The molecular weight excluding hydrogens is 266 g/mol. The third-order valence-electron chi connectivity index (χ3n) is 2.90. The van der Waals surface area contributed by atoms with Gasteiger partial charge in [0.2, 0.25) is 0 Å². The molecule has 3 nitrogen and oxygen atoms in total. The highest BCUT2D eigenvalue weighted by Gasteiger charge is 2.15. The van der Waals surface area contributed by atoms with Gasteiger partial charge in [0.1, 0.15) is 11.6 Å². The number of carbonyl (C=O) groups excluding carboxylic acids is 1. The van der Waals surface area contributed by atoms with Crippen LogP contribution in [-0.2, 0) is 0 Å². The molecule has 0 spiro atoms. The Morgan fingerprint density at radius 2 is 1.60 bits per heavy atom. The molecule has 0 fully saturated rings. The van der Waals surface area contributed by atoms with E-state index in [1.165, 1.54) is 32.4 Å². The first kappa shape index (κ1) is 14.0. The Labute approximate surface area is 114 Å². The SMILES string of the molecule is COc1cc(C=O)c(-c2ccc(F)cc2F)cc1OC. The zero-order valence-electron chi connectivity index (χ0n) is 10.9. The second-order valence-electron chi connectivity index (χ2n) is 4.04. The number of halogens is 2. The average Bonchev–Trinajstić information content (AvgIpc) is 2.46. The first-order chi connectivity index (χ1) is 9.60. The molecule has 5 heteroatoms. The molecule has 0 unspecified atom stereocenters. The fourth-order valence-corrected chi connectivity index (χ4v) is 1.93. The summed E-state index contributed by atoms with van der Waals surface area (Å²) in [5.74, 6) is -0.711. The van der Waals surface area contributed by atoms with Crippen LogP contribution < -0.4 is 9.47 Å². The third-order valence-corrected chi connectivity index (χ3v) is 2.90. The van der Waals surface area contributed by atoms with E-state index in [4.69, 9.17) is 9.47 Å². The van der Waals surface area contributed by atoms with E-state index < -0.39 is 11.6 Å². The van der Waals surface area contributed by atoms with Gasteiger partial charge in [0.25, 0.3) is 0 Å². The molecule has 0 aliphatic rings. The van der Waals surface area contributed by atoms with Crippen LogP contribution in [0.2, 0.25) is 0 Å². The van der Waals surface area contributed by atoms with Crippen LogP contribution in [0.3, 0.4) is 0 Å². The molecule has 0 amide bonds. The van der Waals surface area contributed by atoms with Crippen LogP contribution in [0.4, 0.5) is 8.78 Å². The molecule has 0 bridgehead atoms. The van der Waals surface area contributed by atoms with Crippen molar-refractivity contribution in [2.24, 2.45) is 0 Å². The maximum Gasteiger partial charge on any atom is 0.161 e. The molecule has 0 N–H and O–H groups in total. The summed E-state index contributed by atoms with van der Waals surface area (Å²) in [4.78, 5) is 11.2. The predicted molar refractivity (Wildman–Crippen MR) is 70.3 cm³/mol. The molecule has 0 aliphatic carbocycles. The van der Waals surface area contributed by atoms with E-state index in [9.17, 15) is 13.6 Å². The fourth-order valence-electron chi connectivity index (χ4n) is 1.93. The molecule has 2 aromatic carbocycles. The van der Waals surface area contributed by atoms with Gasteiger partial charge in [0.15, 0.2) is 17.8 Å². The predicted octanol–water partition coefficient (Wildman–Crippen LogP) is 3.46. The topological polar surface area (TPSA) is 35.5 Å². The number of methoxy groups -OCH3 is 2. The van der Waals surface area contributed by atoms with Gasteiger partial charge < -0.3 is 9.47 Å². The van der Waals surface area contributed by atoms with E-state index >= 15 is 0 Å². The largest absolute Gasteiger partial charge is 0.493 e. The van der Waals surface area contributed by atoms with Crippen molar-refractivity contribution >= 4 is 6.29 Å². The highest BCUT2D eigenvalue weighted by Crippen LogP contribution is 2.36. The number of rotatable bonds is 4. The van der Waals surface area contributed by atoms with Crippen molar-refractivity contribution in [3.8, 4) is 22.6 Å². The second-order valence-corrected chi connectivity index (χ2v) is 4.04. The molecule has 0 aliphatic heterocycles. The first-order valence-electron chi connectivity index (χ1n) is 5.77. The van der Waals surface area contributed by atoms with Crippen LogP contribution in [0.1, 0.15) is 10.4 Å². The van der Waals surface area contributed by atoms with Crippen LogP contribution in [-0.4, -0.2) is 20.5 Å². The van der Waals surface area contributed by atoms with Gasteiger partial charge in [-0.1, -0.05) is 0 Å². The number of aldehydes is 1. The molecule has 20 heavy (non-hydrogen) atoms. The van der Waals surface area contributed by atoms with E-state index in [-0.39, 0.29) is 11.1 Å². The summed E-state index contributed by atoms with van der Waals surface area (Å²) in [5.41, 5.74) is 0.665. The summed E-state index contributed by atoms with van der Waals surface area (Å²) in [5, 5.41) is 0. The Morgan fingerprint density at radius 3 is 2.15 bits per heavy atom. The highest BCUT2D eigenvalue weighted by atomic mass is 19.1. The Morgan fingerprint density at radius 1 is 0.950 bits per heavy atom. The van der Waals surface area contributed by atoms with Crippen molar-refractivity contribution < 1.29 is 23.0 Å². The summed E-state index contributed by atoms with van der Waals surface area (Å²) in [6.45, 7) is 0. The average molecular weight is 278 g/mol. The number of hydrogen-bond donors (Lipinski definition) is 0. The summed E-state index contributed by atoms with van der Waals surface area (Å²) in [6.07, 6.45) is 0.583. The fraction of sp³-hybridized carbons (Fsp3) is 0.133. The van der Waals surface area contributed by atoms with Crippen molar-refractivity contribution in [1.82, 2.24) is 0 Å². The number of ether oxygens (including phenoxy) is 2. The molecule has 0 saturated carbocycles. The van der Waals surface area contributed by atoms with Crippen molar-refractivity contribution in [3.63, 3.8) is 0 Å². The lowest BCUT2D eigenvalue weighted by atomic mass is 9.99. The van der Waals surface area contributed by atoms with Crippen LogP contribution in [0.5, 0.6) is 11.5 Å². The minimum atomic E-state index is -0.750. The standard InChI is InChI=1S/C15H12F2O3/c1-19-14-5-9(8-18)12(7-15(14)20-2)11-4-3-10(16)6-13(11)17/h3-8H,1-2H3. The summed E-state index contributed by atoms with van der Waals surface area (Å²) >= 11 is 0. The lowest BCUT2D eigenvalue weighted by Crippen LogP contribution is -1.97. The number of hydrogen-bond acceptors (Lipinski definition) is 3. The minimum Gasteiger partial charge on any atom is -0.493 e. The highest BCUT2D eigenvalue weighted by molar-refractivity contribution is 5.89. The molecule has 2 aromatic rings. The minimum absolute atomic E-state index is 0.120. The monoisotopic (exact) mass is 278 g/mol. The Hall–Kier alpha value is -2.43. The second kappa shape index (κ2) is 5.69. The Balaban J connectivity index is 2.68. The van der Waals surface area contributed by atoms with Crippen molar-refractivity contribution in [2.75, 3.05) is 14.2 Å². The maximum absolute atomic E-state index is 13.8. The van der Waals surface area contributed by atoms with E-state index in [1.54, 1.807) is 0 Å². The van der Waals surface area contributed by atoms with Gasteiger partial charge in [0.05, 0.1) is 14.2 Å². The van der Waals surface area contributed by atoms with Crippen LogP contribution in [0.15, 0.2) is 30.3 Å². The van der Waals surface area contributed by atoms with Crippen molar-refractivity contribution in [3.05, 3.63) is 47.5 Å². The van der Waals surface area contributed by atoms with Gasteiger partial charge in [-0.05, 0) is 29.8 Å². The Kier molecular flexibility index (Phi) is 3.98. The zero-order valence-corrected chi connectivity index (χ0v) is 10.9. The first-order valence-corrected chi connectivity index (χ1v) is 5.77. The molecule has 0 saturated heterocycles. The van der Waals surface area contributed by atoms with E-state index in [2.05, 4.69) is 0 Å². The van der Waals surface area contributed by atoms with Crippen LogP contribution >= 0.6 is 0 Å². The van der Waals surface area contributed by atoms with Crippen molar-refractivity contribution in [1.29, 1.82) is 0 Å². The third kappa shape index (κ3) is 2.47. The number of carbonyl (C=O) groups is 1. The maximum atomic E-state index is 13.8. The normalized spacial score (nSPS) is 10.2. The molecule has 0 heterocycles. The molecule has 0 aromatic heterocycles. The van der Waals surface area contributed by atoms with Gasteiger partial charge in [-0.15, -0.1) is 0 Å². The van der Waals surface area contributed by atoms with E-state index in [0.29, 0.717) is 23.3 Å². The summed E-state index contributed by atoms with van der Waals surface area (Å²) < 4.78 is 37.0. The zero-order chi connectivity index (χ0) is 14.7. The van der Waals surface area contributed by atoms with Gasteiger partial charge >= 0.3 is 0 Å². The summed E-state index contributed by atoms with van der Waals surface area (Å²) in [7, 11) is 2.87. The van der Waals surface area contributed by atoms with Crippen LogP contribution in [0.25, 0.3) is 11.1 Å². The van der Waals surface area contributed by atoms with Gasteiger partial charge in [-0.25, -0.2) is 8.78 Å². The Bertz CT molecular complexity index is 654. The summed E-state index contributed by atoms with van der Waals surface area (Å²) in [6, 6.07) is 6.10. The van der Waals surface area contributed by atoms with Gasteiger partial charge in [-0.3, -0.25) is 4.79 Å². The molecule has 0 radical (unpaired) electrons. The number of benzene rings is 2. The van der Waals surface area contributed by atoms with Gasteiger partial charge in [-0.2, -0.15) is 0 Å². The van der Waals surface area contributed by atoms with Crippen molar-refractivity contribution in [2.45, 2.75) is 0 Å². The molecule has 2 rings (SSSR count). The van der Waals surface area contributed by atoms with E-state index in [1.807, 2.05) is 0 Å². The smallest absolute Gasteiger partial charge is 0.161 e. The quantitative estimate of drug-likeness (QED) is 0.803. The molecular formula is C15H12F2O3. The lowest BCUT2D eigenvalue weighted by molar-refractivity contribution is 0.112. The van der Waals surface area contributed by atoms with Crippen LogP contribution in [0, 0.1) is 11.6 Å². The van der Waals surface area contributed by atoms with Gasteiger partial charge in [0, 0.05) is 17.2 Å². The lowest BCUT2D eigenvalue weighted by Gasteiger charge is -2.12.